The average molecular weight is 502 g/mol. The van der Waals surface area contributed by atoms with Crippen LogP contribution >= 0.6 is 0 Å². The number of carbonyl (C=O) groups excluding carboxylic acids is 1. The number of hydrogen-bond acceptors (Lipinski definition) is 8. The van der Waals surface area contributed by atoms with Crippen molar-refractivity contribution in [2.24, 2.45) is 0 Å². The second-order valence-electron chi connectivity index (χ2n) is 8.30. The van der Waals surface area contributed by atoms with Crippen LogP contribution in [0.3, 0.4) is 0 Å². The summed E-state index contributed by atoms with van der Waals surface area (Å²) in [7, 11) is -4.08. The Bertz CT molecular complexity index is 1160. The van der Waals surface area contributed by atoms with Gasteiger partial charge in [0.1, 0.15) is 11.3 Å². The predicted molar refractivity (Wildman–Crippen MR) is 121 cm³/mol. The summed E-state index contributed by atoms with van der Waals surface area (Å²) in [5.41, 5.74) is -0.659. The van der Waals surface area contributed by atoms with Crippen molar-refractivity contribution in [3.05, 3.63) is 34.6 Å². The molecule has 8 nitrogen and oxygen atoms in total. The third kappa shape index (κ3) is 4.36. The van der Waals surface area contributed by atoms with E-state index < -0.39 is 45.1 Å². The van der Waals surface area contributed by atoms with Crippen molar-refractivity contribution in [2.45, 2.75) is 32.4 Å². The molecule has 0 aromatic heterocycles. The number of esters is 1. The number of nitrogens with one attached hydrogen (secondary N) is 1. The Morgan fingerprint density at radius 3 is 2.44 bits per heavy atom. The fourth-order valence-corrected chi connectivity index (χ4v) is 5.58. The predicted octanol–water partition coefficient (Wildman–Crippen LogP) is 2.65. The smallest absolute Gasteiger partial charge is 0.387 e. The zero-order valence-corrected chi connectivity index (χ0v) is 19.7. The molecule has 186 valence electrons. The van der Waals surface area contributed by atoms with E-state index in [0.717, 1.165) is 12.3 Å². The van der Waals surface area contributed by atoms with Gasteiger partial charge in [0.05, 0.1) is 12.3 Å². The van der Waals surface area contributed by atoms with Gasteiger partial charge < -0.3 is 24.6 Å². The van der Waals surface area contributed by atoms with E-state index in [1.807, 2.05) is 0 Å². The third-order valence-corrected chi connectivity index (χ3v) is 6.97. The molecule has 4 rings (SSSR count). The van der Waals surface area contributed by atoms with Crippen LogP contribution in [0.4, 0.5) is 24.5 Å². The highest BCUT2D eigenvalue weighted by Gasteiger charge is 2.46. The molecule has 0 radical (unpaired) electrons. The topological polar surface area (TPSA) is 88.2 Å². The molecule has 1 aromatic carbocycles. The van der Waals surface area contributed by atoms with Crippen molar-refractivity contribution in [1.29, 1.82) is 0 Å². The van der Waals surface area contributed by atoms with E-state index in [0.29, 0.717) is 39.0 Å². The molecule has 0 bridgehead atoms. The summed E-state index contributed by atoms with van der Waals surface area (Å²) in [5.74, 6) is -2.24. The van der Waals surface area contributed by atoms with E-state index in [1.165, 1.54) is 4.90 Å². The molecular weight excluding hydrogens is 475 g/mol. The number of anilines is 2. The number of nitrogens with zero attached hydrogens (tertiary/aromatic N) is 2. The van der Waals surface area contributed by atoms with Gasteiger partial charge in [-0.2, -0.15) is 8.78 Å². The van der Waals surface area contributed by atoms with Crippen LogP contribution in [0.25, 0.3) is 5.57 Å². The van der Waals surface area contributed by atoms with Crippen molar-refractivity contribution < 1.29 is 35.9 Å². The van der Waals surface area contributed by atoms with Gasteiger partial charge in [-0.05, 0) is 31.4 Å². The molecule has 1 saturated heterocycles. The van der Waals surface area contributed by atoms with Crippen molar-refractivity contribution in [1.82, 2.24) is 5.32 Å². The van der Waals surface area contributed by atoms with Gasteiger partial charge in [-0.15, -0.1) is 0 Å². The lowest BCUT2D eigenvalue weighted by Gasteiger charge is -2.38. The maximum atomic E-state index is 15.5. The standard InChI is InChI=1S/C22H26F3N3O5S/c1-4-32-21(29)16-12(2)14-11-15(23)18(27-9-7-26-8-10-27)19(33-22(24)25)17(14)28(13-5-6-13)20(16)34(3,30)31/h11,13,22,26H,2,4-10H2,1,3H3. The van der Waals surface area contributed by atoms with Crippen molar-refractivity contribution >= 4 is 32.8 Å². The zero-order valence-electron chi connectivity index (χ0n) is 18.9. The summed E-state index contributed by atoms with van der Waals surface area (Å²) in [5, 5.41) is 2.71. The van der Waals surface area contributed by atoms with E-state index in [-0.39, 0.29) is 34.7 Å². The van der Waals surface area contributed by atoms with Crippen LogP contribution in [0.2, 0.25) is 0 Å². The van der Waals surface area contributed by atoms with Crippen LogP contribution in [0.15, 0.2) is 23.2 Å². The summed E-state index contributed by atoms with van der Waals surface area (Å²) in [6.45, 7) is 3.76. The number of fused-ring (bicyclic) bond motifs is 1. The van der Waals surface area contributed by atoms with E-state index in [1.54, 1.807) is 11.8 Å². The minimum Gasteiger partial charge on any atom is -0.462 e. The van der Waals surface area contributed by atoms with Crippen LogP contribution in [0.1, 0.15) is 25.3 Å². The number of carbonyl (C=O) groups is 1. The van der Waals surface area contributed by atoms with Gasteiger partial charge in [-0.1, -0.05) is 6.58 Å². The fourth-order valence-electron chi connectivity index (χ4n) is 4.40. The molecule has 2 heterocycles. The maximum Gasteiger partial charge on any atom is 0.387 e. The number of benzene rings is 1. The Kier molecular flexibility index (Phi) is 6.56. The Hall–Kier alpha value is -2.73. The number of piperazine rings is 1. The zero-order chi connectivity index (χ0) is 24.8. The van der Waals surface area contributed by atoms with Crippen LogP contribution in [0.5, 0.6) is 5.75 Å². The highest BCUT2D eigenvalue weighted by Crippen LogP contribution is 2.54. The molecular formula is C22H26F3N3O5S. The van der Waals surface area contributed by atoms with Crippen LogP contribution in [-0.2, 0) is 19.4 Å². The molecule has 1 N–H and O–H groups in total. The summed E-state index contributed by atoms with van der Waals surface area (Å²) < 4.78 is 78.6. The molecule has 2 aliphatic heterocycles. The minimum absolute atomic E-state index is 0.00869. The lowest BCUT2D eigenvalue weighted by molar-refractivity contribution is -0.138. The van der Waals surface area contributed by atoms with Crippen molar-refractivity contribution in [2.75, 3.05) is 48.8 Å². The third-order valence-electron chi connectivity index (χ3n) is 5.87. The summed E-state index contributed by atoms with van der Waals surface area (Å²) >= 11 is 0. The first kappa shape index (κ1) is 24.4. The van der Waals surface area contributed by atoms with E-state index in [9.17, 15) is 22.0 Å². The van der Waals surface area contributed by atoms with Crippen LogP contribution < -0.4 is 19.9 Å². The number of hydrogen-bond donors (Lipinski definition) is 1. The Labute approximate surface area is 195 Å². The lowest BCUT2D eigenvalue weighted by Crippen LogP contribution is -2.44. The number of ether oxygens (including phenoxy) is 2. The van der Waals surface area contributed by atoms with Crippen molar-refractivity contribution in [3.8, 4) is 5.75 Å². The first-order valence-corrected chi connectivity index (χ1v) is 12.8. The van der Waals surface area contributed by atoms with Gasteiger partial charge in [0, 0.05) is 44.0 Å². The van der Waals surface area contributed by atoms with Gasteiger partial charge in [-0.3, -0.25) is 0 Å². The summed E-state index contributed by atoms with van der Waals surface area (Å²) in [4.78, 5) is 15.7. The first-order valence-electron chi connectivity index (χ1n) is 10.9. The highest BCUT2D eigenvalue weighted by atomic mass is 32.2. The number of rotatable bonds is 7. The van der Waals surface area contributed by atoms with Crippen molar-refractivity contribution in [3.63, 3.8) is 0 Å². The monoisotopic (exact) mass is 501 g/mol. The largest absolute Gasteiger partial charge is 0.462 e. The second kappa shape index (κ2) is 9.14. The molecule has 34 heavy (non-hydrogen) atoms. The minimum atomic E-state index is -4.08. The summed E-state index contributed by atoms with van der Waals surface area (Å²) in [6.07, 6.45) is 2.02. The molecule has 1 aliphatic carbocycles. The van der Waals surface area contributed by atoms with Gasteiger partial charge in [0.2, 0.25) is 0 Å². The Morgan fingerprint density at radius 1 is 1.26 bits per heavy atom. The van der Waals surface area contributed by atoms with Gasteiger partial charge >= 0.3 is 12.6 Å². The molecule has 2 fully saturated rings. The number of sulfone groups is 1. The molecule has 3 aliphatic rings. The molecule has 12 heteroatoms. The van der Waals surface area contributed by atoms with E-state index in [4.69, 9.17) is 9.47 Å². The average Bonchev–Trinajstić information content (AvgIpc) is 3.59. The number of halogens is 3. The SMILES string of the molecule is C=C1C(C(=O)OCC)=C(S(C)(=O)=O)N(C2CC2)c2c1cc(F)c(N1CCNCC1)c2OC(F)F. The Morgan fingerprint density at radius 2 is 1.91 bits per heavy atom. The van der Waals surface area contributed by atoms with Gasteiger partial charge in [0.15, 0.2) is 26.4 Å². The van der Waals surface area contributed by atoms with E-state index >= 15 is 4.39 Å². The van der Waals surface area contributed by atoms with E-state index in [2.05, 4.69) is 11.9 Å². The van der Waals surface area contributed by atoms with Crippen LogP contribution in [-0.4, -0.2) is 66.1 Å². The summed E-state index contributed by atoms with van der Waals surface area (Å²) in [6, 6.07) is 0.698. The molecule has 0 spiro atoms. The molecule has 0 amide bonds. The quantitative estimate of drug-likeness (QED) is 0.571. The Balaban J connectivity index is 2.04. The first-order chi connectivity index (χ1) is 16.1. The number of alkyl halides is 2. The van der Waals surface area contributed by atoms with Gasteiger partial charge in [-0.25, -0.2) is 17.6 Å². The highest BCUT2D eigenvalue weighted by molar-refractivity contribution is 7.94. The fraction of sp³-hybridized carbons (Fsp3) is 0.500. The maximum absolute atomic E-state index is 15.5. The molecule has 1 saturated carbocycles. The lowest BCUT2D eigenvalue weighted by atomic mass is 9.92. The van der Waals surface area contributed by atoms with Crippen LogP contribution in [0, 0.1) is 5.82 Å². The van der Waals surface area contributed by atoms with Gasteiger partial charge in [0.25, 0.3) is 0 Å². The normalized spacial score (nSPS) is 18.9. The molecule has 0 atom stereocenters. The molecule has 1 aromatic rings. The molecule has 0 unspecified atom stereocenters. The second-order valence-corrected chi connectivity index (χ2v) is 10.2.